The van der Waals surface area contributed by atoms with E-state index < -0.39 is 6.04 Å². The molecule has 2 rings (SSSR count). The average molecular weight is 312 g/mol. The van der Waals surface area contributed by atoms with Crippen LogP contribution in [0.3, 0.4) is 0 Å². The second-order valence-electron chi connectivity index (χ2n) is 5.00. The summed E-state index contributed by atoms with van der Waals surface area (Å²) in [4.78, 5) is 16.3. The van der Waals surface area contributed by atoms with E-state index in [9.17, 15) is 4.79 Å². The van der Waals surface area contributed by atoms with E-state index in [0.717, 1.165) is 11.4 Å². The Morgan fingerprint density at radius 3 is 2.78 bits per heavy atom. The molecule has 0 aliphatic rings. The number of aryl methyl sites for hydroxylation is 1. The Hall–Kier alpha value is -2.89. The molecular weight excluding hydrogens is 292 g/mol. The number of anilines is 1. The average Bonchev–Trinajstić information content (AvgIpc) is 2.55. The molecule has 2 aromatic rings. The predicted molar refractivity (Wildman–Crippen MR) is 90.8 cm³/mol. The molecular formula is C17H20N4O2. The number of nitrogens with zero attached hydrogens (tertiary/aromatic N) is 2. The molecule has 120 valence electrons. The summed E-state index contributed by atoms with van der Waals surface area (Å²) in [5.74, 6) is 0.430. The molecule has 1 heterocycles. The number of carbonyl (C=O) groups is 1. The lowest BCUT2D eigenvalue weighted by molar-refractivity contribution is -0.121. The lowest BCUT2D eigenvalue weighted by atomic mass is 10.2. The number of ether oxygens (including phenoxy) is 1. The van der Waals surface area contributed by atoms with Crippen molar-refractivity contribution in [2.45, 2.75) is 19.9 Å². The summed E-state index contributed by atoms with van der Waals surface area (Å²) < 4.78 is 5.24. The van der Waals surface area contributed by atoms with Crippen molar-refractivity contribution in [3.63, 3.8) is 0 Å². The van der Waals surface area contributed by atoms with Crippen LogP contribution in [0.15, 0.2) is 47.6 Å². The smallest absolute Gasteiger partial charge is 0.262 e. The van der Waals surface area contributed by atoms with Crippen LogP contribution in [0.2, 0.25) is 0 Å². The van der Waals surface area contributed by atoms with Gasteiger partial charge in [0.25, 0.3) is 5.91 Å². The summed E-state index contributed by atoms with van der Waals surface area (Å²) in [6, 6.07) is 12.6. The Labute approximate surface area is 135 Å². The molecule has 0 aliphatic carbocycles. The highest BCUT2D eigenvalue weighted by Crippen LogP contribution is 2.23. The molecule has 0 radical (unpaired) electrons. The lowest BCUT2D eigenvalue weighted by Gasteiger charge is -2.15. The molecule has 0 saturated carbocycles. The molecule has 0 saturated heterocycles. The van der Waals surface area contributed by atoms with Gasteiger partial charge in [0.15, 0.2) is 0 Å². The van der Waals surface area contributed by atoms with Gasteiger partial charge in [0.1, 0.15) is 11.8 Å². The highest BCUT2D eigenvalue weighted by molar-refractivity contribution is 5.86. The third-order valence-corrected chi connectivity index (χ3v) is 3.15. The van der Waals surface area contributed by atoms with Crippen LogP contribution in [0, 0.1) is 6.92 Å². The maximum atomic E-state index is 12.1. The van der Waals surface area contributed by atoms with Crippen LogP contribution in [0.25, 0.3) is 0 Å². The maximum absolute atomic E-state index is 12.1. The fourth-order valence-electron chi connectivity index (χ4n) is 1.96. The van der Waals surface area contributed by atoms with Crippen LogP contribution in [-0.2, 0) is 4.79 Å². The van der Waals surface area contributed by atoms with Gasteiger partial charge in [-0.1, -0.05) is 18.2 Å². The lowest BCUT2D eigenvalue weighted by Crippen LogP contribution is -2.35. The van der Waals surface area contributed by atoms with E-state index in [1.165, 1.54) is 6.21 Å². The first kappa shape index (κ1) is 16.5. The van der Waals surface area contributed by atoms with Gasteiger partial charge in [-0.05, 0) is 38.1 Å². The molecule has 0 aliphatic heterocycles. The van der Waals surface area contributed by atoms with Gasteiger partial charge < -0.3 is 10.1 Å². The van der Waals surface area contributed by atoms with Crippen LogP contribution in [-0.4, -0.2) is 30.3 Å². The number of rotatable bonds is 6. The first-order chi connectivity index (χ1) is 11.1. The van der Waals surface area contributed by atoms with Crippen molar-refractivity contribution in [3.05, 3.63) is 53.9 Å². The summed E-state index contributed by atoms with van der Waals surface area (Å²) in [6.07, 6.45) is 1.51. The molecule has 1 atom stereocenters. The molecule has 0 bridgehead atoms. The van der Waals surface area contributed by atoms with Crippen molar-refractivity contribution in [1.82, 2.24) is 10.4 Å². The van der Waals surface area contributed by atoms with Gasteiger partial charge in [-0.25, -0.2) is 5.43 Å². The number of nitrogens with one attached hydrogen (secondary N) is 2. The third kappa shape index (κ3) is 4.81. The number of pyridine rings is 1. The van der Waals surface area contributed by atoms with E-state index in [1.807, 2.05) is 49.4 Å². The summed E-state index contributed by atoms with van der Waals surface area (Å²) >= 11 is 0. The third-order valence-electron chi connectivity index (χ3n) is 3.15. The molecule has 2 N–H and O–H groups in total. The largest absolute Gasteiger partial charge is 0.495 e. The molecule has 1 aromatic heterocycles. The number of para-hydroxylation sites is 2. The van der Waals surface area contributed by atoms with E-state index in [-0.39, 0.29) is 5.91 Å². The van der Waals surface area contributed by atoms with Crippen molar-refractivity contribution < 1.29 is 9.53 Å². The minimum absolute atomic E-state index is 0.250. The molecule has 0 fully saturated rings. The van der Waals surface area contributed by atoms with Crippen molar-refractivity contribution in [3.8, 4) is 5.75 Å². The van der Waals surface area contributed by atoms with Crippen molar-refractivity contribution >= 4 is 17.8 Å². The Kier molecular flexibility index (Phi) is 5.68. The fourth-order valence-corrected chi connectivity index (χ4v) is 1.96. The topological polar surface area (TPSA) is 75.6 Å². The molecule has 6 nitrogen and oxygen atoms in total. The van der Waals surface area contributed by atoms with Gasteiger partial charge in [-0.3, -0.25) is 9.78 Å². The molecule has 1 unspecified atom stereocenters. The number of hydrogen-bond acceptors (Lipinski definition) is 5. The first-order valence-electron chi connectivity index (χ1n) is 7.26. The standard InChI is InChI=1S/C17H20N4O2/c1-12-7-6-8-14(19-12)11-18-21-17(22)13(2)20-15-9-4-5-10-16(15)23-3/h4-11,13,20H,1-3H3,(H,21,22)/b18-11+. The molecule has 1 amide bonds. The minimum atomic E-state index is -0.464. The number of aromatic nitrogens is 1. The quantitative estimate of drug-likeness (QED) is 0.634. The summed E-state index contributed by atoms with van der Waals surface area (Å²) in [5.41, 5.74) is 4.83. The number of hydrazone groups is 1. The normalized spacial score (nSPS) is 12.0. The number of hydrogen-bond donors (Lipinski definition) is 2. The highest BCUT2D eigenvalue weighted by atomic mass is 16.5. The van der Waals surface area contributed by atoms with E-state index >= 15 is 0 Å². The monoisotopic (exact) mass is 312 g/mol. The van der Waals surface area contributed by atoms with Crippen LogP contribution in [0.1, 0.15) is 18.3 Å². The predicted octanol–water partition coefficient (Wildman–Crippen LogP) is 2.35. The maximum Gasteiger partial charge on any atom is 0.262 e. The Morgan fingerprint density at radius 2 is 2.04 bits per heavy atom. The number of carbonyl (C=O) groups excluding carboxylic acids is 1. The highest BCUT2D eigenvalue weighted by Gasteiger charge is 2.13. The van der Waals surface area contributed by atoms with Crippen molar-refractivity contribution in [2.75, 3.05) is 12.4 Å². The van der Waals surface area contributed by atoms with Crippen molar-refractivity contribution in [1.29, 1.82) is 0 Å². The van der Waals surface area contributed by atoms with Crippen LogP contribution >= 0.6 is 0 Å². The van der Waals surface area contributed by atoms with E-state index in [4.69, 9.17) is 4.74 Å². The summed E-state index contributed by atoms with van der Waals surface area (Å²) in [7, 11) is 1.59. The second kappa shape index (κ2) is 7.93. The zero-order valence-electron chi connectivity index (χ0n) is 13.4. The number of methoxy groups -OCH3 is 1. The second-order valence-corrected chi connectivity index (χ2v) is 5.00. The number of benzene rings is 1. The Bertz CT molecular complexity index is 700. The van der Waals surface area contributed by atoms with Gasteiger partial charge in [0, 0.05) is 5.69 Å². The zero-order valence-corrected chi connectivity index (χ0v) is 13.4. The van der Waals surface area contributed by atoms with Crippen LogP contribution in [0.4, 0.5) is 5.69 Å². The summed E-state index contributed by atoms with van der Waals surface area (Å²) in [5, 5.41) is 7.02. The SMILES string of the molecule is COc1ccccc1NC(C)C(=O)N/N=C/c1cccc(C)n1. The van der Waals surface area contributed by atoms with Gasteiger partial charge in [-0.15, -0.1) is 0 Å². The Morgan fingerprint density at radius 1 is 1.26 bits per heavy atom. The Balaban J connectivity index is 1.92. The zero-order chi connectivity index (χ0) is 16.7. The number of amides is 1. The van der Waals surface area contributed by atoms with Gasteiger partial charge in [-0.2, -0.15) is 5.10 Å². The molecule has 1 aromatic carbocycles. The van der Waals surface area contributed by atoms with Gasteiger partial charge >= 0.3 is 0 Å². The summed E-state index contributed by atoms with van der Waals surface area (Å²) in [6.45, 7) is 3.65. The first-order valence-corrected chi connectivity index (χ1v) is 7.26. The van der Waals surface area contributed by atoms with E-state index in [0.29, 0.717) is 11.4 Å². The van der Waals surface area contributed by atoms with E-state index in [2.05, 4.69) is 20.8 Å². The minimum Gasteiger partial charge on any atom is -0.495 e. The molecule has 6 heteroatoms. The van der Waals surface area contributed by atoms with Crippen LogP contribution < -0.4 is 15.5 Å². The van der Waals surface area contributed by atoms with Gasteiger partial charge in [0.2, 0.25) is 0 Å². The molecule has 0 spiro atoms. The van der Waals surface area contributed by atoms with E-state index in [1.54, 1.807) is 14.0 Å². The van der Waals surface area contributed by atoms with Crippen molar-refractivity contribution in [2.24, 2.45) is 5.10 Å². The molecule has 23 heavy (non-hydrogen) atoms. The van der Waals surface area contributed by atoms with Crippen LogP contribution in [0.5, 0.6) is 5.75 Å². The fraction of sp³-hybridized carbons (Fsp3) is 0.235. The van der Waals surface area contributed by atoms with Gasteiger partial charge in [0.05, 0.1) is 24.7 Å².